The molecule has 128 valence electrons. The van der Waals surface area contributed by atoms with Crippen molar-refractivity contribution in [1.82, 2.24) is 4.90 Å². The Bertz CT molecular complexity index is 594. The largest absolute Gasteiger partial charge is 0.416 e. The van der Waals surface area contributed by atoms with E-state index >= 15 is 0 Å². The van der Waals surface area contributed by atoms with Gasteiger partial charge in [0.1, 0.15) is 0 Å². The Hall–Kier alpha value is -1.76. The van der Waals surface area contributed by atoms with Crippen molar-refractivity contribution in [3.8, 4) is 0 Å². The molecule has 2 amide bonds. The number of hydrogen-bond donors (Lipinski definition) is 2. The Kier molecular flexibility index (Phi) is 4.61. The molecular weight excluding hydrogens is 309 g/mol. The van der Waals surface area contributed by atoms with Gasteiger partial charge in [0.2, 0.25) is 0 Å². The predicted octanol–water partition coefficient (Wildman–Crippen LogP) is 3.78. The Labute approximate surface area is 133 Å². The molecule has 7 heteroatoms. The maximum Gasteiger partial charge on any atom is 0.416 e. The molecule has 1 aromatic rings. The molecular formula is C16H21F3N2O2. The van der Waals surface area contributed by atoms with Gasteiger partial charge in [0.05, 0.1) is 17.2 Å². The number of alkyl halides is 3. The number of likely N-dealkylation sites (tertiary alicyclic amines) is 1. The Morgan fingerprint density at radius 1 is 1.35 bits per heavy atom. The molecule has 0 bridgehead atoms. The number of carbonyl (C=O) groups excluding carboxylic acids is 1. The molecule has 23 heavy (non-hydrogen) atoms. The van der Waals surface area contributed by atoms with E-state index in [4.69, 9.17) is 0 Å². The first-order valence-corrected chi connectivity index (χ1v) is 7.48. The van der Waals surface area contributed by atoms with Crippen molar-refractivity contribution in [2.45, 2.75) is 51.4 Å². The van der Waals surface area contributed by atoms with Crippen molar-refractivity contribution >= 4 is 11.7 Å². The normalized spacial score (nSPS) is 19.1. The molecule has 1 heterocycles. The van der Waals surface area contributed by atoms with Crippen molar-refractivity contribution in [2.24, 2.45) is 0 Å². The van der Waals surface area contributed by atoms with Crippen LogP contribution in [0.3, 0.4) is 0 Å². The molecule has 1 aliphatic heterocycles. The van der Waals surface area contributed by atoms with Crippen LogP contribution in [-0.4, -0.2) is 34.2 Å². The Balaban J connectivity index is 2.20. The number of aryl methyl sites for hydroxylation is 1. The third-order valence-corrected chi connectivity index (χ3v) is 4.14. The van der Waals surface area contributed by atoms with Gasteiger partial charge in [-0.3, -0.25) is 0 Å². The number of anilines is 1. The second-order valence-electron chi connectivity index (χ2n) is 6.46. The zero-order valence-electron chi connectivity index (χ0n) is 13.4. The van der Waals surface area contributed by atoms with Crippen molar-refractivity contribution in [1.29, 1.82) is 0 Å². The summed E-state index contributed by atoms with van der Waals surface area (Å²) in [6.45, 7) is 5.35. The van der Waals surface area contributed by atoms with E-state index in [9.17, 15) is 23.1 Å². The predicted molar refractivity (Wildman–Crippen MR) is 81.2 cm³/mol. The smallest absolute Gasteiger partial charge is 0.388 e. The third kappa shape index (κ3) is 3.96. The summed E-state index contributed by atoms with van der Waals surface area (Å²) < 4.78 is 38.4. The van der Waals surface area contributed by atoms with Gasteiger partial charge >= 0.3 is 12.2 Å². The van der Waals surface area contributed by atoms with E-state index in [1.54, 1.807) is 20.8 Å². The molecule has 2 N–H and O–H groups in total. The van der Waals surface area contributed by atoms with Crippen LogP contribution in [0.15, 0.2) is 18.2 Å². The van der Waals surface area contributed by atoms with E-state index in [2.05, 4.69) is 5.32 Å². The number of hydrogen-bond acceptors (Lipinski definition) is 2. The number of nitrogens with zero attached hydrogens (tertiary/aromatic N) is 1. The van der Waals surface area contributed by atoms with Crippen molar-refractivity contribution in [2.75, 3.05) is 11.9 Å². The van der Waals surface area contributed by atoms with E-state index in [0.29, 0.717) is 18.5 Å². The third-order valence-electron chi connectivity index (χ3n) is 4.14. The van der Waals surface area contributed by atoms with E-state index < -0.39 is 23.4 Å². The van der Waals surface area contributed by atoms with Gasteiger partial charge in [0, 0.05) is 12.2 Å². The highest BCUT2D eigenvalue weighted by Crippen LogP contribution is 2.33. The van der Waals surface area contributed by atoms with Gasteiger partial charge < -0.3 is 15.3 Å². The number of rotatable bonds is 2. The number of carbonyl (C=O) groups is 1. The van der Waals surface area contributed by atoms with Crippen LogP contribution < -0.4 is 5.32 Å². The van der Waals surface area contributed by atoms with E-state index in [-0.39, 0.29) is 11.7 Å². The Morgan fingerprint density at radius 3 is 2.57 bits per heavy atom. The molecule has 0 aliphatic carbocycles. The number of urea groups is 1. The molecule has 1 aromatic carbocycles. The molecule has 1 fully saturated rings. The zero-order valence-corrected chi connectivity index (χ0v) is 13.4. The molecule has 4 nitrogen and oxygen atoms in total. The first kappa shape index (κ1) is 17.6. The highest BCUT2D eigenvalue weighted by Gasteiger charge is 2.38. The first-order valence-electron chi connectivity index (χ1n) is 7.48. The molecule has 0 aromatic heterocycles. The number of benzene rings is 1. The molecule has 1 unspecified atom stereocenters. The lowest BCUT2D eigenvalue weighted by atomic mass is 9.97. The fourth-order valence-corrected chi connectivity index (χ4v) is 2.86. The quantitative estimate of drug-likeness (QED) is 0.867. The van der Waals surface area contributed by atoms with Gasteiger partial charge in [0.15, 0.2) is 0 Å². The summed E-state index contributed by atoms with van der Waals surface area (Å²) in [6.07, 6.45) is -3.04. The molecule has 0 radical (unpaired) electrons. The van der Waals surface area contributed by atoms with Crippen LogP contribution >= 0.6 is 0 Å². The van der Waals surface area contributed by atoms with Gasteiger partial charge in [-0.15, -0.1) is 0 Å². The number of aliphatic hydroxyl groups is 1. The lowest BCUT2D eigenvalue weighted by Crippen LogP contribution is -2.49. The summed E-state index contributed by atoms with van der Waals surface area (Å²) in [4.78, 5) is 13.9. The molecule has 1 saturated heterocycles. The minimum Gasteiger partial charge on any atom is -0.388 e. The van der Waals surface area contributed by atoms with Gasteiger partial charge in [-0.1, -0.05) is 6.07 Å². The summed E-state index contributed by atoms with van der Waals surface area (Å²) in [6, 6.07) is 2.41. The summed E-state index contributed by atoms with van der Waals surface area (Å²) >= 11 is 0. The minimum absolute atomic E-state index is 0.131. The van der Waals surface area contributed by atoms with Crippen LogP contribution in [0.4, 0.5) is 23.7 Å². The average Bonchev–Trinajstić information content (AvgIpc) is 2.89. The SMILES string of the molecule is Cc1ccc(C(F)(F)F)cc1NC(=O)N1CCCC1C(C)(C)O. The van der Waals surface area contributed by atoms with Crippen LogP contribution in [0.1, 0.15) is 37.8 Å². The lowest BCUT2D eigenvalue weighted by molar-refractivity contribution is -0.137. The second kappa shape index (κ2) is 6.03. The minimum atomic E-state index is -4.46. The maximum absolute atomic E-state index is 12.8. The lowest BCUT2D eigenvalue weighted by Gasteiger charge is -2.33. The molecule has 0 spiro atoms. The highest BCUT2D eigenvalue weighted by molar-refractivity contribution is 5.90. The number of amides is 2. The van der Waals surface area contributed by atoms with Crippen molar-refractivity contribution in [3.05, 3.63) is 29.3 Å². The second-order valence-corrected chi connectivity index (χ2v) is 6.46. The average molecular weight is 330 g/mol. The maximum atomic E-state index is 12.8. The topological polar surface area (TPSA) is 52.6 Å². The summed E-state index contributed by atoms with van der Waals surface area (Å²) in [7, 11) is 0. The van der Waals surface area contributed by atoms with Gasteiger partial charge in [-0.05, 0) is 51.3 Å². The molecule has 0 saturated carbocycles. The monoisotopic (exact) mass is 330 g/mol. The highest BCUT2D eigenvalue weighted by atomic mass is 19.4. The summed E-state index contributed by atoms with van der Waals surface area (Å²) in [5, 5.41) is 12.7. The van der Waals surface area contributed by atoms with Crippen LogP contribution in [0, 0.1) is 6.92 Å². The van der Waals surface area contributed by atoms with Crippen LogP contribution in [0.2, 0.25) is 0 Å². The van der Waals surface area contributed by atoms with Gasteiger partial charge in [-0.25, -0.2) is 4.79 Å². The fourth-order valence-electron chi connectivity index (χ4n) is 2.86. The van der Waals surface area contributed by atoms with Crippen molar-refractivity contribution in [3.63, 3.8) is 0 Å². The Morgan fingerprint density at radius 2 is 2.00 bits per heavy atom. The van der Waals surface area contributed by atoms with Crippen LogP contribution in [-0.2, 0) is 6.18 Å². The number of halogens is 3. The standard InChI is InChI=1S/C16H21F3N2O2/c1-10-6-7-11(16(17,18)19)9-12(10)20-14(22)21-8-4-5-13(21)15(2,3)23/h6-7,9,13,23H,4-5,8H2,1-3H3,(H,20,22). The molecule has 1 aliphatic rings. The van der Waals surface area contributed by atoms with E-state index in [0.717, 1.165) is 18.6 Å². The zero-order chi connectivity index (χ0) is 17.4. The van der Waals surface area contributed by atoms with E-state index in [1.165, 1.54) is 11.0 Å². The fraction of sp³-hybridized carbons (Fsp3) is 0.562. The molecule has 2 rings (SSSR count). The first-order chi connectivity index (χ1) is 10.5. The van der Waals surface area contributed by atoms with Crippen molar-refractivity contribution < 1.29 is 23.1 Å². The molecule has 1 atom stereocenters. The van der Waals surface area contributed by atoms with Crippen LogP contribution in [0.5, 0.6) is 0 Å². The van der Waals surface area contributed by atoms with Gasteiger partial charge in [-0.2, -0.15) is 13.2 Å². The summed E-state index contributed by atoms with van der Waals surface area (Å²) in [5.41, 5.74) is -1.19. The van der Waals surface area contributed by atoms with Crippen LogP contribution in [0.25, 0.3) is 0 Å². The summed E-state index contributed by atoms with van der Waals surface area (Å²) in [5.74, 6) is 0. The van der Waals surface area contributed by atoms with E-state index in [1.807, 2.05) is 0 Å². The number of nitrogens with one attached hydrogen (secondary N) is 1. The van der Waals surface area contributed by atoms with Gasteiger partial charge in [0.25, 0.3) is 0 Å².